The first-order valence-corrected chi connectivity index (χ1v) is 7.00. The molecule has 3 N–H and O–H groups in total. The molecule has 2 aromatic carbocycles. The van der Waals surface area contributed by atoms with Crippen molar-refractivity contribution in [3.8, 4) is 0 Å². The fourth-order valence-corrected chi connectivity index (χ4v) is 2.67. The molecule has 1 aliphatic heterocycles. The second kappa shape index (κ2) is 5.37. The van der Waals surface area contributed by atoms with E-state index in [1.165, 1.54) is 11.1 Å². The Kier molecular flexibility index (Phi) is 3.40. The summed E-state index contributed by atoms with van der Waals surface area (Å²) >= 11 is 0. The van der Waals surface area contributed by atoms with E-state index >= 15 is 0 Å². The number of fused-ring (bicyclic) bond motifs is 1. The van der Waals surface area contributed by atoms with Crippen LogP contribution in [0.5, 0.6) is 0 Å². The highest BCUT2D eigenvalue weighted by Crippen LogP contribution is 2.42. The Balaban J connectivity index is 2.10. The van der Waals surface area contributed by atoms with Gasteiger partial charge >= 0.3 is 0 Å². The number of nitrogens with two attached hydrogens (primary N) is 1. The molecular formula is C18H19N3. The maximum absolute atomic E-state index is 6.26. The molecule has 0 spiro atoms. The van der Waals surface area contributed by atoms with Crippen LogP contribution in [0.2, 0.25) is 0 Å². The predicted molar refractivity (Wildman–Crippen MR) is 88.9 cm³/mol. The van der Waals surface area contributed by atoms with Gasteiger partial charge in [0.1, 0.15) is 12.0 Å². The van der Waals surface area contributed by atoms with Gasteiger partial charge in [0.15, 0.2) is 0 Å². The first-order chi connectivity index (χ1) is 10.2. The van der Waals surface area contributed by atoms with Crippen LogP contribution in [0.15, 0.2) is 73.1 Å². The van der Waals surface area contributed by atoms with Crippen molar-refractivity contribution >= 4 is 11.4 Å². The van der Waals surface area contributed by atoms with Gasteiger partial charge < -0.3 is 16.0 Å². The van der Waals surface area contributed by atoms with Crippen LogP contribution in [0.3, 0.4) is 0 Å². The number of rotatable bonds is 3. The lowest BCUT2D eigenvalue weighted by Gasteiger charge is -2.27. The third-order valence-corrected chi connectivity index (χ3v) is 3.65. The third-order valence-electron chi connectivity index (χ3n) is 3.65. The minimum Gasteiger partial charge on any atom is -0.385 e. The Morgan fingerprint density at radius 3 is 2.71 bits per heavy atom. The van der Waals surface area contributed by atoms with Gasteiger partial charge in [0.2, 0.25) is 0 Å². The lowest BCUT2D eigenvalue weighted by Crippen LogP contribution is -2.31. The van der Waals surface area contributed by atoms with Gasteiger partial charge in [-0.3, -0.25) is 0 Å². The number of benzene rings is 2. The van der Waals surface area contributed by atoms with Crippen molar-refractivity contribution in [3.05, 3.63) is 84.2 Å². The van der Waals surface area contributed by atoms with Gasteiger partial charge in [0, 0.05) is 0 Å². The Labute approximate surface area is 125 Å². The Morgan fingerprint density at radius 2 is 2.00 bits per heavy atom. The summed E-state index contributed by atoms with van der Waals surface area (Å²) in [5, 5.41) is 3.54. The van der Waals surface area contributed by atoms with E-state index in [1.807, 2.05) is 24.3 Å². The van der Waals surface area contributed by atoms with E-state index < -0.39 is 0 Å². The second-order valence-corrected chi connectivity index (χ2v) is 5.18. The minimum atomic E-state index is -0.000741. The molecule has 0 aliphatic carbocycles. The van der Waals surface area contributed by atoms with Crippen molar-refractivity contribution in [3.63, 3.8) is 0 Å². The van der Waals surface area contributed by atoms with E-state index in [0.717, 1.165) is 11.4 Å². The van der Waals surface area contributed by atoms with E-state index in [0.29, 0.717) is 5.82 Å². The summed E-state index contributed by atoms with van der Waals surface area (Å²) in [5.41, 5.74) is 10.8. The van der Waals surface area contributed by atoms with Crippen LogP contribution in [0.4, 0.5) is 11.4 Å². The molecule has 1 atom stereocenters. The molecule has 1 aliphatic rings. The average molecular weight is 277 g/mol. The number of nitrogens with one attached hydrogen (secondary N) is 1. The van der Waals surface area contributed by atoms with Crippen molar-refractivity contribution in [2.45, 2.75) is 13.1 Å². The number of allylic oxidation sites excluding steroid dienone is 2. The molecule has 3 nitrogen and oxygen atoms in total. The van der Waals surface area contributed by atoms with Crippen LogP contribution < -0.4 is 16.0 Å². The van der Waals surface area contributed by atoms with Gasteiger partial charge in [-0.25, -0.2) is 0 Å². The summed E-state index contributed by atoms with van der Waals surface area (Å²) < 4.78 is 0. The molecule has 0 fully saturated rings. The molecular weight excluding hydrogens is 258 g/mol. The lowest BCUT2D eigenvalue weighted by atomic mass is 10.1. The largest absolute Gasteiger partial charge is 0.385 e. The summed E-state index contributed by atoms with van der Waals surface area (Å²) in [6.45, 7) is 5.82. The zero-order chi connectivity index (χ0) is 14.8. The highest BCUT2D eigenvalue weighted by molar-refractivity contribution is 5.79. The van der Waals surface area contributed by atoms with Crippen LogP contribution in [-0.2, 0) is 0 Å². The van der Waals surface area contributed by atoms with Crippen molar-refractivity contribution in [1.29, 1.82) is 0 Å². The maximum Gasteiger partial charge on any atom is 0.131 e. The van der Waals surface area contributed by atoms with Gasteiger partial charge in [-0.15, -0.1) is 0 Å². The fraction of sp³-hybridized carbons (Fsp3) is 0.111. The Hall–Kier alpha value is -2.68. The standard InChI is InChI=1S/C18H19N3/c1-3-7-17(19)21-16-12-13(2)10-11-15(16)20-18(21)14-8-5-4-6-9-14/h3-12,18,20H,1,19H2,2H3/b17-7+. The highest BCUT2D eigenvalue weighted by Gasteiger charge is 2.31. The van der Waals surface area contributed by atoms with Gasteiger partial charge in [-0.05, 0) is 36.3 Å². The molecule has 3 rings (SSSR count). The predicted octanol–water partition coefficient (Wildman–Crippen LogP) is 3.91. The summed E-state index contributed by atoms with van der Waals surface area (Å²) in [5.74, 6) is 0.677. The summed E-state index contributed by atoms with van der Waals surface area (Å²) in [7, 11) is 0. The number of hydrogen-bond acceptors (Lipinski definition) is 3. The van der Waals surface area contributed by atoms with Gasteiger partial charge in [-0.1, -0.05) is 49.1 Å². The van der Waals surface area contributed by atoms with Gasteiger partial charge in [-0.2, -0.15) is 0 Å². The SMILES string of the molecule is C=C/C=C(\N)N1c2cc(C)ccc2NC1c1ccccc1. The number of aryl methyl sites for hydroxylation is 1. The lowest BCUT2D eigenvalue weighted by molar-refractivity contribution is 0.782. The number of nitrogens with zero attached hydrogens (tertiary/aromatic N) is 1. The minimum absolute atomic E-state index is 0.000741. The fourth-order valence-electron chi connectivity index (χ4n) is 2.67. The maximum atomic E-state index is 6.26. The van der Waals surface area contributed by atoms with Gasteiger partial charge in [0.05, 0.1) is 11.4 Å². The van der Waals surface area contributed by atoms with Crippen LogP contribution in [-0.4, -0.2) is 0 Å². The Bertz CT molecular complexity index is 689. The smallest absolute Gasteiger partial charge is 0.131 e. The molecule has 0 amide bonds. The molecule has 1 heterocycles. The zero-order valence-electron chi connectivity index (χ0n) is 12.1. The monoisotopic (exact) mass is 277 g/mol. The third kappa shape index (κ3) is 2.38. The molecule has 1 unspecified atom stereocenters. The van der Waals surface area contributed by atoms with Crippen LogP contribution in [0, 0.1) is 6.92 Å². The molecule has 3 heteroatoms. The van der Waals surface area contributed by atoms with E-state index in [4.69, 9.17) is 5.73 Å². The van der Waals surface area contributed by atoms with Crippen LogP contribution in [0.1, 0.15) is 17.3 Å². The van der Waals surface area contributed by atoms with E-state index in [2.05, 4.69) is 54.1 Å². The molecule has 2 aromatic rings. The quantitative estimate of drug-likeness (QED) is 0.836. The first-order valence-electron chi connectivity index (χ1n) is 7.00. The van der Waals surface area contributed by atoms with E-state index in [-0.39, 0.29) is 6.17 Å². The molecule has 21 heavy (non-hydrogen) atoms. The van der Waals surface area contributed by atoms with Crippen molar-refractivity contribution in [2.24, 2.45) is 5.73 Å². The average Bonchev–Trinajstić information content (AvgIpc) is 2.87. The van der Waals surface area contributed by atoms with Crippen LogP contribution in [0.25, 0.3) is 0 Å². The molecule has 0 saturated carbocycles. The number of hydrogen-bond donors (Lipinski definition) is 2. The normalized spacial score (nSPS) is 17.3. The Morgan fingerprint density at radius 1 is 1.24 bits per heavy atom. The topological polar surface area (TPSA) is 41.3 Å². The van der Waals surface area contributed by atoms with Crippen molar-refractivity contribution in [2.75, 3.05) is 10.2 Å². The highest BCUT2D eigenvalue weighted by atomic mass is 15.4. The summed E-state index contributed by atoms with van der Waals surface area (Å²) in [6.07, 6.45) is 3.54. The molecule has 0 aromatic heterocycles. The molecule has 0 bridgehead atoms. The molecule has 0 saturated heterocycles. The van der Waals surface area contributed by atoms with Crippen molar-refractivity contribution < 1.29 is 0 Å². The molecule has 0 radical (unpaired) electrons. The van der Waals surface area contributed by atoms with Gasteiger partial charge in [0.25, 0.3) is 0 Å². The second-order valence-electron chi connectivity index (χ2n) is 5.18. The summed E-state index contributed by atoms with van der Waals surface area (Å²) in [6, 6.07) is 16.6. The van der Waals surface area contributed by atoms with E-state index in [1.54, 1.807) is 6.08 Å². The summed E-state index contributed by atoms with van der Waals surface area (Å²) in [4.78, 5) is 2.11. The zero-order valence-corrected chi connectivity index (χ0v) is 12.1. The molecule has 106 valence electrons. The number of anilines is 2. The van der Waals surface area contributed by atoms with Crippen molar-refractivity contribution in [1.82, 2.24) is 0 Å². The first kappa shape index (κ1) is 13.3. The van der Waals surface area contributed by atoms with Crippen LogP contribution >= 0.6 is 0 Å². The van der Waals surface area contributed by atoms with E-state index in [9.17, 15) is 0 Å².